The van der Waals surface area contributed by atoms with Gasteiger partial charge in [-0.2, -0.15) is 0 Å². The van der Waals surface area contributed by atoms with Crippen molar-refractivity contribution < 1.29 is 13.2 Å². The van der Waals surface area contributed by atoms with E-state index in [1.807, 2.05) is 36.4 Å². The third-order valence-electron chi connectivity index (χ3n) is 6.21. The lowest BCUT2D eigenvalue weighted by atomic mass is 10.0. The smallest absolute Gasteiger partial charge is 0.251 e. The standard InChI is InChI=1S/C27H31N3O3S/c1-21(23-11-6-3-7-12-23)29-34(32,33)26-14-8-13-24(19-26)27(31)28-25-15-17-30(18-16-25)20-22-9-4-2-5-10-22/h2-14,19,21,25,29H,15-18,20H2,1H3,(H,28,31). The summed E-state index contributed by atoms with van der Waals surface area (Å²) in [4.78, 5) is 15.3. The van der Waals surface area contributed by atoms with Gasteiger partial charge in [-0.3, -0.25) is 9.69 Å². The molecule has 2 N–H and O–H groups in total. The number of piperidine rings is 1. The lowest BCUT2D eigenvalue weighted by Gasteiger charge is -2.32. The molecule has 34 heavy (non-hydrogen) atoms. The third-order valence-corrected chi connectivity index (χ3v) is 7.75. The fourth-order valence-corrected chi connectivity index (χ4v) is 5.54. The third kappa shape index (κ3) is 6.32. The number of nitrogens with one attached hydrogen (secondary N) is 2. The maximum atomic E-state index is 12.9. The second kappa shape index (κ2) is 11.0. The molecule has 0 spiro atoms. The summed E-state index contributed by atoms with van der Waals surface area (Å²) < 4.78 is 28.5. The Morgan fingerprint density at radius 3 is 2.26 bits per heavy atom. The van der Waals surface area contributed by atoms with Gasteiger partial charge in [0.25, 0.3) is 5.91 Å². The molecule has 1 atom stereocenters. The molecule has 178 valence electrons. The molecule has 0 aliphatic carbocycles. The van der Waals surface area contributed by atoms with Gasteiger partial charge < -0.3 is 5.32 Å². The molecule has 0 radical (unpaired) electrons. The summed E-state index contributed by atoms with van der Waals surface area (Å²) in [5, 5.41) is 3.08. The van der Waals surface area contributed by atoms with Crippen LogP contribution in [0.5, 0.6) is 0 Å². The highest BCUT2D eigenvalue weighted by atomic mass is 32.2. The number of nitrogens with zero attached hydrogens (tertiary/aromatic N) is 1. The number of rotatable bonds is 8. The number of carbonyl (C=O) groups is 1. The van der Waals surface area contributed by atoms with Crippen molar-refractivity contribution in [2.75, 3.05) is 13.1 Å². The number of sulfonamides is 1. The lowest BCUT2D eigenvalue weighted by Crippen LogP contribution is -2.44. The maximum absolute atomic E-state index is 12.9. The summed E-state index contributed by atoms with van der Waals surface area (Å²) in [5.74, 6) is -0.241. The van der Waals surface area contributed by atoms with Crippen molar-refractivity contribution in [2.45, 2.75) is 43.3 Å². The Labute approximate surface area is 202 Å². The Kier molecular flexibility index (Phi) is 7.77. The van der Waals surface area contributed by atoms with E-state index >= 15 is 0 Å². The van der Waals surface area contributed by atoms with Crippen LogP contribution >= 0.6 is 0 Å². The molecule has 1 aliphatic heterocycles. The second-order valence-electron chi connectivity index (χ2n) is 8.79. The molecule has 4 rings (SSSR count). The molecule has 0 saturated carbocycles. The summed E-state index contributed by atoms with van der Waals surface area (Å²) in [6.07, 6.45) is 1.74. The number of carbonyl (C=O) groups excluding carboxylic acids is 1. The van der Waals surface area contributed by atoms with Gasteiger partial charge >= 0.3 is 0 Å². The molecule has 1 amide bonds. The SMILES string of the molecule is CC(NS(=O)(=O)c1cccc(C(=O)NC2CCN(Cc3ccccc3)CC2)c1)c1ccccc1. The Bertz CT molecular complexity index is 1190. The molecule has 0 bridgehead atoms. The van der Waals surface area contributed by atoms with Crippen LogP contribution in [0.25, 0.3) is 0 Å². The van der Waals surface area contributed by atoms with Gasteiger partial charge in [0, 0.05) is 37.3 Å². The van der Waals surface area contributed by atoms with Gasteiger partial charge in [0.1, 0.15) is 0 Å². The molecule has 1 unspecified atom stereocenters. The first kappa shape index (κ1) is 24.1. The van der Waals surface area contributed by atoms with Crippen LogP contribution in [0.2, 0.25) is 0 Å². The van der Waals surface area contributed by atoms with Gasteiger partial charge in [0.2, 0.25) is 10.0 Å². The van der Waals surface area contributed by atoms with Crippen LogP contribution in [0.3, 0.4) is 0 Å². The van der Waals surface area contributed by atoms with Crippen LogP contribution in [-0.4, -0.2) is 38.4 Å². The Balaban J connectivity index is 1.34. The molecular weight excluding hydrogens is 446 g/mol. The molecule has 0 aromatic heterocycles. The van der Waals surface area contributed by atoms with Crippen LogP contribution in [0.1, 0.15) is 47.3 Å². The van der Waals surface area contributed by atoms with E-state index in [1.54, 1.807) is 19.1 Å². The Morgan fingerprint density at radius 2 is 1.59 bits per heavy atom. The van der Waals surface area contributed by atoms with Crippen LogP contribution < -0.4 is 10.0 Å². The number of amides is 1. The van der Waals surface area contributed by atoms with Crippen LogP contribution in [0, 0.1) is 0 Å². The predicted octanol–water partition coefficient (Wildman–Crippen LogP) is 4.12. The summed E-state index contributed by atoms with van der Waals surface area (Å²) in [5.41, 5.74) is 2.51. The largest absolute Gasteiger partial charge is 0.349 e. The lowest BCUT2D eigenvalue weighted by molar-refractivity contribution is 0.0908. The summed E-state index contributed by atoms with van der Waals surface area (Å²) >= 11 is 0. The van der Waals surface area contributed by atoms with Gasteiger partial charge in [-0.15, -0.1) is 0 Å². The van der Waals surface area contributed by atoms with E-state index in [4.69, 9.17) is 0 Å². The fraction of sp³-hybridized carbons (Fsp3) is 0.296. The zero-order valence-electron chi connectivity index (χ0n) is 19.4. The highest BCUT2D eigenvalue weighted by Gasteiger charge is 2.23. The molecular formula is C27H31N3O3S. The first-order chi connectivity index (χ1) is 16.4. The fourth-order valence-electron chi connectivity index (χ4n) is 4.26. The van der Waals surface area contributed by atoms with Crippen molar-refractivity contribution in [3.63, 3.8) is 0 Å². The monoisotopic (exact) mass is 477 g/mol. The minimum absolute atomic E-state index is 0.0796. The molecule has 3 aromatic rings. The summed E-state index contributed by atoms with van der Waals surface area (Å²) in [6.45, 7) is 4.54. The highest BCUT2D eigenvalue weighted by Crippen LogP contribution is 2.19. The van der Waals surface area contributed by atoms with Crippen molar-refractivity contribution in [2.24, 2.45) is 0 Å². The molecule has 6 nitrogen and oxygen atoms in total. The Morgan fingerprint density at radius 1 is 0.941 bits per heavy atom. The van der Waals surface area contributed by atoms with E-state index in [-0.39, 0.29) is 22.9 Å². The topological polar surface area (TPSA) is 78.5 Å². The Hall–Kier alpha value is -3.00. The molecule has 7 heteroatoms. The normalized spacial score (nSPS) is 16.1. The first-order valence-electron chi connectivity index (χ1n) is 11.7. The average Bonchev–Trinajstić information content (AvgIpc) is 2.86. The van der Waals surface area contributed by atoms with E-state index in [0.717, 1.165) is 38.0 Å². The van der Waals surface area contributed by atoms with E-state index in [1.165, 1.54) is 17.7 Å². The zero-order chi connectivity index (χ0) is 24.0. The van der Waals surface area contributed by atoms with Crippen molar-refractivity contribution in [1.29, 1.82) is 0 Å². The number of hydrogen-bond acceptors (Lipinski definition) is 4. The van der Waals surface area contributed by atoms with Gasteiger partial charge in [0.15, 0.2) is 0 Å². The van der Waals surface area contributed by atoms with E-state index in [0.29, 0.717) is 5.56 Å². The van der Waals surface area contributed by atoms with Gasteiger partial charge in [-0.05, 0) is 49.1 Å². The zero-order valence-corrected chi connectivity index (χ0v) is 20.2. The predicted molar refractivity (Wildman–Crippen MR) is 134 cm³/mol. The van der Waals surface area contributed by atoms with Crippen LogP contribution in [0.4, 0.5) is 0 Å². The van der Waals surface area contributed by atoms with Crippen molar-refractivity contribution in [3.05, 3.63) is 102 Å². The molecule has 1 saturated heterocycles. The van der Waals surface area contributed by atoms with E-state index < -0.39 is 10.0 Å². The number of benzene rings is 3. The van der Waals surface area contributed by atoms with Gasteiger partial charge in [-0.25, -0.2) is 13.1 Å². The minimum atomic E-state index is -3.77. The maximum Gasteiger partial charge on any atom is 0.251 e. The van der Waals surface area contributed by atoms with Crippen molar-refractivity contribution >= 4 is 15.9 Å². The summed E-state index contributed by atoms with van der Waals surface area (Å²) in [6, 6.07) is 25.7. The highest BCUT2D eigenvalue weighted by molar-refractivity contribution is 7.89. The summed E-state index contributed by atoms with van der Waals surface area (Å²) in [7, 11) is -3.77. The van der Waals surface area contributed by atoms with E-state index in [2.05, 4.69) is 39.2 Å². The van der Waals surface area contributed by atoms with Gasteiger partial charge in [0.05, 0.1) is 4.90 Å². The van der Waals surface area contributed by atoms with E-state index in [9.17, 15) is 13.2 Å². The molecule has 1 heterocycles. The minimum Gasteiger partial charge on any atom is -0.349 e. The molecule has 1 aliphatic rings. The van der Waals surface area contributed by atoms with Crippen molar-refractivity contribution in [1.82, 2.24) is 14.9 Å². The molecule has 1 fully saturated rings. The number of hydrogen-bond donors (Lipinski definition) is 2. The number of likely N-dealkylation sites (tertiary alicyclic amines) is 1. The first-order valence-corrected chi connectivity index (χ1v) is 13.1. The average molecular weight is 478 g/mol. The second-order valence-corrected chi connectivity index (χ2v) is 10.5. The van der Waals surface area contributed by atoms with Crippen LogP contribution in [-0.2, 0) is 16.6 Å². The van der Waals surface area contributed by atoms with Gasteiger partial charge in [-0.1, -0.05) is 66.7 Å². The molecule has 3 aromatic carbocycles. The van der Waals surface area contributed by atoms with Crippen LogP contribution in [0.15, 0.2) is 89.8 Å². The quantitative estimate of drug-likeness (QED) is 0.512. The van der Waals surface area contributed by atoms with Crippen molar-refractivity contribution in [3.8, 4) is 0 Å².